The fraction of sp³-hybridized carbons (Fsp3) is 0.750. The standard InChI is InChI=1S/C4H6F3NO2.ClH/c1-10-3(9)8-2-4(5,6)7;/h2H2,1H3,(H,8,9);1H. The van der Waals surface area contributed by atoms with Crippen LogP contribution in [0.2, 0.25) is 0 Å². The minimum absolute atomic E-state index is 0. The number of carbonyl (C=O) groups excluding carboxylic acids is 1. The van der Waals surface area contributed by atoms with Gasteiger partial charge in [0, 0.05) is 0 Å². The van der Waals surface area contributed by atoms with Crippen LogP contribution in [0, 0.1) is 0 Å². The number of methoxy groups -OCH3 is 1. The molecule has 0 rings (SSSR count). The minimum atomic E-state index is -4.38. The van der Waals surface area contributed by atoms with Crippen LogP contribution < -0.4 is 5.32 Å². The number of alkyl halides is 3. The Morgan fingerprint density at radius 2 is 2.00 bits per heavy atom. The molecule has 0 atom stereocenters. The van der Waals surface area contributed by atoms with Crippen molar-refractivity contribution in [2.75, 3.05) is 13.7 Å². The first-order valence-electron chi connectivity index (χ1n) is 2.34. The summed E-state index contributed by atoms with van der Waals surface area (Å²) in [7, 11) is 0.992. The van der Waals surface area contributed by atoms with Gasteiger partial charge in [0.1, 0.15) is 6.54 Å². The molecule has 68 valence electrons. The summed E-state index contributed by atoms with van der Waals surface area (Å²) in [4.78, 5) is 10.0. The Morgan fingerprint density at radius 1 is 1.55 bits per heavy atom. The van der Waals surface area contributed by atoms with E-state index in [0.717, 1.165) is 7.11 Å². The van der Waals surface area contributed by atoms with Crippen molar-refractivity contribution in [3.05, 3.63) is 0 Å². The highest BCUT2D eigenvalue weighted by Gasteiger charge is 2.27. The predicted octanol–water partition coefficient (Wildman–Crippen LogP) is 1.33. The van der Waals surface area contributed by atoms with E-state index in [9.17, 15) is 18.0 Å². The van der Waals surface area contributed by atoms with Gasteiger partial charge in [-0.1, -0.05) is 0 Å². The molecule has 3 nitrogen and oxygen atoms in total. The van der Waals surface area contributed by atoms with E-state index >= 15 is 0 Å². The number of carbonyl (C=O) groups is 1. The third-order valence-corrected chi connectivity index (χ3v) is 0.619. The maximum atomic E-state index is 11.3. The van der Waals surface area contributed by atoms with Crippen molar-refractivity contribution in [2.45, 2.75) is 6.18 Å². The van der Waals surface area contributed by atoms with Gasteiger partial charge >= 0.3 is 12.3 Å². The largest absolute Gasteiger partial charge is 0.453 e. The van der Waals surface area contributed by atoms with E-state index < -0.39 is 18.8 Å². The summed E-state index contributed by atoms with van der Waals surface area (Å²) in [6, 6.07) is 0. The smallest absolute Gasteiger partial charge is 0.407 e. The zero-order chi connectivity index (χ0) is 8.20. The van der Waals surface area contributed by atoms with Crippen molar-refractivity contribution in [1.82, 2.24) is 5.32 Å². The summed E-state index contributed by atoms with van der Waals surface area (Å²) in [6.45, 7) is -1.36. The van der Waals surface area contributed by atoms with Crippen LogP contribution in [0.3, 0.4) is 0 Å². The first-order chi connectivity index (χ1) is 4.45. The molecule has 0 bridgehead atoms. The van der Waals surface area contributed by atoms with Crippen LogP contribution in [-0.4, -0.2) is 25.9 Å². The van der Waals surface area contributed by atoms with Crippen molar-refractivity contribution in [3.63, 3.8) is 0 Å². The predicted molar refractivity (Wildman–Crippen MR) is 33.7 cm³/mol. The van der Waals surface area contributed by atoms with Crippen molar-refractivity contribution in [1.29, 1.82) is 0 Å². The molecule has 11 heavy (non-hydrogen) atoms. The van der Waals surface area contributed by atoms with Crippen LogP contribution in [0.1, 0.15) is 0 Å². The van der Waals surface area contributed by atoms with Crippen LogP contribution in [0.5, 0.6) is 0 Å². The Bertz CT molecular complexity index is 127. The maximum absolute atomic E-state index is 11.3. The Labute approximate surface area is 67.3 Å². The Morgan fingerprint density at radius 3 is 2.27 bits per heavy atom. The number of ether oxygens (including phenoxy) is 1. The lowest BCUT2D eigenvalue weighted by molar-refractivity contribution is -0.123. The van der Waals surface area contributed by atoms with Crippen LogP contribution >= 0.6 is 12.4 Å². The zero-order valence-electron chi connectivity index (χ0n) is 5.57. The van der Waals surface area contributed by atoms with Gasteiger partial charge in [0.25, 0.3) is 0 Å². The average molecular weight is 194 g/mol. The van der Waals surface area contributed by atoms with Gasteiger partial charge in [-0.15, -0.1) is 12.4 Å². The normalized spacial score (nSPS) is 9.82. The number of rotatable bonds is 1. The molecule has 0 aliphatic heterocycles. The molecule has 1 N–H and O–H groups in total. The molecule has 1 amide bonds. The quantitative estimate of drug-likeness (QED) is 0.682. The molecule has 0 radical (unpaired) electrons. The van der Waals surface area contributed by atoms with Crippen molar-refractivity contribution in [2.24, 2.45) is 0 Å². The van der Waals surface area contributed by atoms with Crippen LogP contribution in [0.4, 0.5) is 18.0 Å². The molecule has 0 spiro atoms. The van der Waals surface area contributed by atoms with E-state index in [2.05, 4.69) is 4.74 Å². The van der Waals surface area contributed by atoms with Crippen LogP contribution in [0.15, 0.2) is 0 Å². The molecule has 0 aromatic carbocycles. The number of halogens is 4. The fourth-order valence-electron chi connectivity index (χ4n) is 0.245. The molecule has 0 aliphatic rings. The van der Waals surface area contributed by atoms with Gasteiger partial charge in [-0.25, -0.2) is 4.79 Å². The average Bonchev–Trinajstić information content (AvgIpc) is 1.81. The number of nitrogens with one attached hydrogen (secondary N) is 1. The molecule has 0 saturated carbocycles. The number of alkyl carbamates (subject to hydrolysis) is 1. The van der Waals surface area contributed by atoms with Crippen molar-refractivity contribution in [3.8, 4) is 0 Å². The number of hydrogen-bond donors (Lipinski definition) is 1. The highest BCUT2D eigenvalue weighted by atomic mass is 35.5. The Balaban J connectivity index is 0. The van der Waals surface area contributed by atoms with Gasteiger partial charge < -0.3 is 10.1 Å². The lowest BCUT2D eigenvalue weighted by Crippen LogP contribution is -2.33. The summed E-state index contributed by atoms with van der Waals surface area (Å²) in [5.74, 6) is 0. The van der Waals surface area contributed by atoms with E-state index in [1.54, 1.807) is 0 Å². The Kier molecular flexibility index (Phi) is 5.97. The van der Waals surface area contributed by atoms with Gasteiger partial charge in [0.15, 0.2) is 0 Å². The maximum Gasteiger partial charge on any atom is 0.407 e. The lowest BCUT2D eigenvalue weighted by atomic mass is 10.6. The summed E-state index contributed by atoms with van der Waals surface area (Å²) in [5.41, 5.74) is 0. The van der Waals surface area contributed by atoms with Gasteiger partial charge in [-0.05, 0) is 0 Å². The van der Waals surface area contributed by atoms with Gasteiger partial charge in [0.05, 0.1) is 7.11 Å². The van der Waals surface area contributed by atoms with Crippen LogP contribution in [0.25, 0.3) is 0 Å². The molecule has 0 aromatic heterocycles. The molecule has 0 unspecified atom stereocenters. The molecule has 7 heteroatoms. The minimum Gasteiger partial charge on any atom is -0.453 e. The van der Waals surface area contributed by atoms with E-state index in [-0.39, 0.29) is 12.4 Å². The monoisotopic (exact) mass is 193 g/mol. The second-order valence-electron chi connectivity index (χ2n) is 1.46. The second-order valence-corrected chi connectivity index (χ2v) is 1.46. The van der Waals surface area contributed by atoms with Crippen molar-refractivity contribution >= 4 is 18.5 Å². The Hall–Kier alpha value is -0.650. The van der Waals surface area contributed by atoms with Gasteiger partial charge in [-0.3, -0.25) is 0 Å². The SMILES string of the molecule is COC(=O)NCC(F)(F)F.Cl. The van der Waals surface area contributed by atoms with Crippen LogP contribution in [-0.2, 0) is 4.74 Å². The van der Waals surface area contributed by atoms with E-state index in [0.29, 0.717) is 0 Å². The topological polar surface area (TPSA) is 38.3 Å². The molecular weight excluding hydrogens is 186 g/mol. The third kappa shape index (κ3) is 9.35. The van der Waals surface area contributed by atoms with E-state index in [4.69, 9.17) is 0 Å². The summed E-state index contributed by atoms with van der Waals surface area (Å²) >= 11 is 0. The highest BCUT2D eigenvalue weighted by molar-refractivity contribution is 5.85. The number of amides is 1. The highest BCUT2D eigenvalue weighted by Crippen LogP contribution is 2.11. The first-order valence-corrected chi connectivity index (χ1v) is 2.34. The second kappa shape index (κ2) is 5.06. The zero-order valence-corrected chi connectivity index (χ0v) is 6.38. The first kappa shape index (κ1) is 13.0. The third-order valence-electron chi connectivity index (χ3n) is 0.619. The van der Waals surface area contributed by atoms with E-state index in [1.165, 1.54) is 5.32 Å². The summed E-state index contributed by atoms with van der Waals surface area (Å²) in [6.07, 6.45) is -5.47. The molecular formula is C4H7ClF3NO2. The molecule has 0 fully saturated rings. The molecule has 0 saturated heterocycles. The molecule has 0 aromatic rings. The molecule has 0 heterocycles. The van der Waals surface area contributed by atoms with Crippen molar-refractivity contribution < 1.29 is 22.7 Å². The lowest BCUT2D eigenvalue weighted by Gasteiger charge is -2.05. The molecule has 0 aliphatic carbocycles. The fourth-order valence-corrected chi connectivity index (χ4v) is 0.245. The van der Waals surface area contributed by atoms with Gasteiger partial charge in [0.2, 0.25) is 0 Å². The van der Waals surface area contributed by atoms with Gasteiger partial charge in [-0.2, -0.15) is 13.2 Å². The number of hydrogen-bond acceptors (Lipinski definition) is 2. The summed E-state index contributed by atoms with van der Waals surface area (Å²) in [5, 5.41) is 1.49. The van der Waals surface area contributed by atoms with E-state index in [1.807, 2.05) is 0 Å². The summed E-state index contributed by atoms with van der Waals surface area (Å²) < 4.78 is 37.7.